The Morgan fingerprint density at radius 2 is 2.08 bits per heavy atom. The quantitative estimate of drug-likeness (QED) is 0.702. The summed E-state index contributed by atoms with van der Waals surface area (Å²) in [5.74, 6) is 0. The number of rotatable bonds is 1. The average Bonchev–Trinajstić information content (AvgIpc) is 2.52. The smallest absolute Gasteiger partial charge is 0.184 e. The summed E-state index contributed by atoms with van der Waals surface area (Å²) >= 11 is 12.9. The zero-order valence-corrected chi connectivity index (χ0v) is 8.70. The van der Waals surface area contributed by atoms with Gasteiger partial charge in [-0.1, -0.05) is 23.2 Å². The molecule has 0 aliphatic rings. The normalized spacial score (nSPS) is 10.3. The predicted octanol–water partition coefficient (Wildman–Crippen LogP) is 3.51. The van der Waals surface area contributed by atoms with Gasteiger partial charge in [0.15, 0.2) is 4.47 Å². The number of hydrogen-bond donors (Lipinski definition) is 0. The summed E-state index contributed by atoms with van der Waals surface area (Å²) < 4.78 is 0.530. The van der Waals surface area contributed by atoms with Crippen molar-refractivity contribution in [1.29, 1.82) is 0 Å². The molecule has 0 amide bonds. The van der Waals surface area contributed by atoms with Crippen LogP contribution in [0.4, 0.5) is 0 Å². The molecule has 2 heterocycles. The van der Waals surface area contributed by atoms with Crippen LogP contribution in [-0.4, -0.2) is 9.97 Å². The van der Waals surface area contributed by atoms with E-state index < -0.39 is 0 Å². The molecule has 2 nitrogen and oxygen atoms in total. The first-order valence-corrected chi connectivity index (χ1v) is 5.06. The fourth-order valence-corrected chi connectivity index (χ4v) is 2.05. The van der Waals surface area contributed by atoms with Crippen molar-refractivity contribution in [3.63, 3.8) is 0 Å². The first-order chi connectivity index (χ1) is 6.25. The lowest BCUT2D eigenvalue weighted by Crippen LogP contribution is -1.75. The summed E-state index contributed by atoms with van der Waals surface area (Å²) in [6, 6.07) is 3.65. The molecule has 66 valence electrons. The molecule has 0 aliphatic heterocycles. The Labute approximate surface area is 89.2 Å². The Balaban J connectivity index is 2.46. The second-order valence-corrected chi connectivity index (χ2v) is 4.34. The van der Waals surface area contributed by atoms with Gasteiger partial charge in [0.1, 0.15) is 5.15 Å². The number of pyridine rings is 1. The molecule has 2 aromatic rings. The van der Waals surface area contributed by atoms with Crippen molar-refractivity contribution in [2.24, 2.45) is 0 Å². The molecular formula is C8H4Cl2N2S. The number of aromatic nitrogens is 2. The molecule has 0 aliphatic carbocycles. The highest BCUT2D eigenvalue weighted by Gasteiger charge is 2.02. The van der Waals surface area contributed by atoms with Crippen molar-refractivity contribution < 1.29 is 0 Å². The minimum Gasteiger partial charge on any atom is -0.245 e. The molecule has 0 radical (unpaired) electrons. The Morgan fingerprint density at radius 1 is 1.23 bits per heavy atom. The number of hydrogen-bond acceptors (Lipinski definition) is 3. The summed E-state index contributed by atoms with van der Waals surface area (Å²) in [7, 11) is 0. The minimum atomic E-state index is 0.474. The topological polar surface area (TPSA) is 25.8 Å². The lowest BCUT2D eigenvalue weighted by Gasteiger charge is -1.94. The van der Waals surface area contributed by atoms with Gasteiger partial charge >= 0.3 is 0 Å². The van der Waals surface area contributed by atoms with Crippen LogP contribution in [0.25, 0.3) is 10.4 Å². The second kappa shape index (κ2) is 3.62. The maximum atomic E-state index is 5.74. The molecule has 0 saturated heterocycles. The van der Waals surface area contributed by atoms with Gasteiger partial charge < -0.3 is 0 Å². The van der Waals surface area contributed by atoms with E-state index in [2.05, 4.69) is 9.97 Å². The number of halogens is 2. The van der Waals surface area contributed by atoms with E-state index in [4.69, 9.17) is 23.2 Å². The third-order valence-corrected chi connectivity index (χ3v) is 2.86. The lowest BCUT2D eigenvalue weighted by molar-refractivity contribution is 1.33. The van der Waals surface area contributed by atoms with Crippen molar-refractivity contribution in [3.05, 3.63) is 34.1 Å². The molecule has 0 aromatic carbocycles. The third-order valence-electron chi connectivity index (χ3n) is 1.49. The Kier molecular flexibility index (Phi) is 2.49. The monoisotopic (exact) mass is 230 g/mol. The van der Waals surface area contributed by atoms with Crippen LogP contribution in [0.1, 0.15) is 0 Å². The fourth-order valence-electron chi connectivity index (χ4n) is 0.942. The van der Waals surface area contributed by atoms with Crippen LogP contribution in [0.3, 0.4) is 0 Å². The van der Waals surface area contributed by atoms with Gasteiger partial charge in [-0.15, -0.1) is 11.3 Å². The van der Waals surface area contributed by atoms with Gasteiger partial charge in [0.25, 0.3) is 0 Å². The van der Waals surface area contributed by atoms with Crippen LogP contribution in [0.5, 0.6) is 0 Å². The van der Waals surface area contributed by atoms with Gasteiger partial charge in [-0.25, -0.2) is 9.97 Å². The first kappa shape index (κ1) is 8.94. The SMILES string of the molecule is Clc1cc(-c2cnc(Cl)s2)ccn1. The Bertz CT molecular complexity index is 428. The van der Waals surface area contributed by atoms with Crippen molar-refractivity contribution in [1.82, 2.24) is 9.97 Å². The van der Waals surface area contributed by atoms with Gasteiger partial charge in [0.05, 0.1) is 4.88 Å². The summed E-state index contributed by atoms with van der Waals surface area (Å²) in [5.41, 5.74) is 0.990. The van der Waals surface area contributed by atoms with Gasteiger partial charge in [-0.3, -0.25) is 0 Å². The lowest BCUT2D eigenvalue weighted by atomic mass is 10.2. The average molecular weight is 231 g/mol. The van der Waals surface area contributed by atoms with Crippen LogP contribution in [0.2, 0.25) is 9.62 Å². The van der Waals surface area contributed by atoms with E-state index in [0.29, 0.717) is 9.62 Å². The van der Waals surface area contributed by atoms with Crippen molar-refractivity contribution in [2.75, 3.05) is 0 Å². The van der Waals surface area contributed by atoms with Gasteiger partial charge in [0.2, 0.25) is 0 Å². The zero-order valence-electron chi connectivity index (χ0n) is 6.37. The molecule has 0 N–H and O–H groups in total. The molecule has 0 saturated carbocycles. The van der Waals surface area contributed by atoms with E-state index in [-0.39, 0.29) is 0 Å². The minimum absolute atomic E-state index is 0.474. The maximum absolute atomic E-state index is 5.74. The van der Waals surface area contributed by atoms with E-state index in [1.165, 1.54) is 11.3 Å². The summed E-state index contributed by atoms with van der Waals surface area (Å²) in [4.78, 5) is 8.83. The van der Waals surface area contributed by atoms with E-state index in [1.54, 1.807) is 18.5 Å². The zero-order chi connectivity index (χ0) is 9.26. The van der Waals surface area contributed by atoms with Crippen molar-refractivity contribution in [3.8, 4) is 10.4 Å². The van der Waals surface area contributed by atoms with Gasteiger partial charge in [-0.05, 0) is 17.7 Å². The molecule has 2 rings (SSSR count). The molecule has 5 heteroatoms. The summed E-state index contributed by atoms with van der Waals surface area (Å²) in [6.45, 7) is 0. The molecule has 0 unspecified atom stereocenters. The Hall–Kier alpha value is -0.640. The van der Waals surface area contributed by atoms with Gasteiger partial charge in [0, 0.05) is 12.4 Å². The van der Waals surface area contributed by atoms with Crippen molar-refractivity contribution >= 4 is 34.5 Å². The molecule has 13 heavy (non-hydrogen) atoms. The number of nitrogens with zero attached hydrogens (tertiary/aromatic N) is 2. The van der Waals surface area contributed by atoms with Crippen LogP contribution in [-0.2, 0) is 0 Å². The molecule has 0 spiro atoms. The molecule has 0 atom stereocenters. The van der Waals surface area contributed by atoms with Crippen LogP contribution < -0.4 is 0 Å². The largest absolute Gasteiger partial charge is 0.245 e. The summed E-state index contributed by atoms with van der Waals surface area (Å²) in [6.07, 6.45) is 3.38. The Morgan fingerprint density at radius 3 is 2.69 bits per heavy atom. The van der Waals surface area contributed by atoms with Crippen LogP contribution >= 0.6 is 34.5 Å². The molecular weight excluding hydrogens is 227 g/mol. The summed E-state index contributed by atoms with van der Waals surface area (Å²) in [5, 5.41) is 0.474. The highest BCUT2D eigenvalue weighted by Crippen LogP contribution is 2.29. The number of thiazole rings is 1. The van der Waals surface area contributed by atoms with Gasteiger partial charge in [-0.2, -0.15) is 0 Å². The van der Waals surface area contributed by atoms with E-state index in [9.17, 15) is 0 Å². The highest BCUT2D eigenvalue weighted by molar-refractivity contribution is 7.18. The molecule has 0 bridgehead atoms. The van der Waals surface area contributed by atoms with E-state index >= 15 is 0 Å². The maximum Gasteiger partial charge on any atom is 0.184 e. The highest BCUT2D eigenvalue weighted by atomic mass is 35.5. The first-order valence-electron chi connectivity index (χ1n) is 3.49. The third kappa shape index (κ3) is 1.99. The second-order valence-electron chi connectivity index (χ2n) is 2.34. The van der Waals surface area contributed by atoms with Crippen LogP contribution in [0, 0.1) is 0 Å². The fraction of sp³-hybridized carbons (Fsp3) is 0. The predicted molar refractivity (Wildman–Crippen MR) is 55.4 cm³/mol. The van der Waals surface area contributed by atoms with Crippen molar-refractivity contribution in [2.45, 2.75) is 0 Å². The van der Waals surface area contributed by atoms with E-state index in [0.717, 1.165) is 10.4 Å². The standard InChI is InChI=1S/C8H4Cl2N2S/c9-7-3-5(1-2-11-7)6-4-12-8(10)13-6/h1-4H. The molecule has 0 fully saturated rings. The van der Waals surface area contributed by atoms with Crippen LogP contribution in [0.15, 0.2) is 24.5 Å². The molecule has 2 aromatic heterocycles. The van der Waals surface area contributed by atoms with E-state index in [1.807, 2.05) is 6.07 Å².